The Kier molecular flexibility index (Phi) is 11.6. The molecule has 1 aliphatic heterocycles. The van der Waals surface area contributed by atoms with E-state index >= 15 is 0 Å². The Bertz CT molecular complexity index is 609. The van der Waals surface area contributed by atoms with Gasteiger partial charge in [-0.2, -0.15) is 0 Å². The first-order valence-electron chi connectivity index (χ1n) is 10.1. The van der Waals surface area contributed by atoms with E-state index in [0.29, 0.717) is 0 Å². The highest BCUT2D eigenvalue weighted by atomic mass is 28.4. The molecule has 0 unspecified atom stereocenters. The number of aliphatic hydroxyl groups is 2. The summed E-state index contributed by atoms with van der Waals surface area (Å²) in [5.74, 6) is 0. The Balaban J connectivity index is 3.38. The summed E-state index contributed by atoms with van der Waals surface area (Å²) in [4.78, 5) is 2.97. The van der Waals surface area contributed by atoms with Gasteiger partial charge in [-0.15, -0.1) is 0 Å². The summed E-state index contributed by atoms with van der Waals surface area (Å²) in [7, 11) is 0.627. The van der Waals surface area contributed by atoms with Gasteiger partial charge in [0.15, 0.2) is 14.6 Å². The lowest BCUT2D eigenvalue weighted by atomic mass is 9.96. The largest absolute Gasteiger partial charge is 0.393 e. The lowest BCUT2D eigenvalue weighted by Crippen LogP contribution is -2.61. The van der Waals surface area contributed by atoms with Crippen LogP contribution in [0.1, 0.15) is 20.8 Å². The van der Waals surface area contributed by atoms with Crippen LogP contribution in [0.5, 0.6) is 0 Å². The quantitative estimate of drug-likeness (QED) is 0.112. The van der Waals surface area contributed by atoms with Crippen LogP contribution in [0, 0.1) is 0 Å². The van der Waals surface area contributed by atoms with Crippen LogP contribution < -0.4 is 0 Å². The van der Waals surface area contributed by atoms with Crippen LogP contribution in [0.4, 0.5) is 0 Å². The molecule has 0 aromatic carbocycles. The van der Waals surface area contributed by atoms with Crippen molar-refractivity contribution >= 4 is 8.32 Å². The summed E-state index contributed by atoms with van der Waals surface area (Å²) in [6, 6.07) is -0.858. The molecule has 0 aromatic rings. The number of hydrogen-bond donors (Lipinski definition) is 2. The molecule has 0 bridgehead atoms. The zero-order valence-electron chi connectivity index (χ0n) is 19.4. The van der Waals surface area contributed by atoms with Crippen LogP contribution in [0.15, 0.2) is 17.3 Å². The van der Waals surface area contributed by atoms with E-state index in [1.54, 1.807) is 6.08 Å². The van der Waals surface area contributed by atoms with Gasteiger partial charge in [-0.1, -0.05) is 38.0 Å². The van der Waals surface area contributed by atoms with Crippen molar-refractivity contribution in [2.45, 2.75) is 75.7 Å². The number of hydrogen-bond acceptors (Lipinski definition) is 9. The number of methoxy groups -OCH3 is 2. The minimum atomic E-state index is -2.33. The van der Waals surface area contributed by atoms with Gasteiger partial charge in [0.2, 0.25) is 0 Å². The van der Waals surface area contributed by atoms with Gasteiger partial charge in [0, 0.05) is 19.1 Å². The SMILES string of the molecule is COCO[C@@H]1[C@@H](OCOC)[C@@H](N=[N+]=[N-])[C@H](O[Si](C)(C)C(C)(C)C)O[C@H]1/C=C\[C@@H](O)CO. The third kappa shape index (κ3) is 8.10. The lowest BCUT2D eigenvalue weighted by molar-refractivity contribution is -0.266. The van der Waals surface area contributed by atoms with Gasteiger partial charge in [-0.3, -0.25) is 0 Å². The van der Waals surface area contributed by atoms with Crippen LogP contribution >= 0.6 is 0 Å². The Morgan fingerprint density at radius 2 is 1.74 bits per heavy atom. The molecule has 0 radical (unpaired) electrons. The topological polar surface area (TPSA) is 145 Å². The van der Waals surface area contributed by atoms with Crippen LogP contribution in [0.25, 0.3) is 10.4 Å². The highest BCUT2D eigenvalue weighted by Crippen LogP contribution is 2.40. The summed E-state index contributed by atoms with van der Waals surface area (Å²) < 4.78 is 34.3. The molecule has 12 heteroatoms. The van der Waals surface area contributed by atoms with Gasteiger partial charge in [0.1, 0.15) is 37.9 Å². The van der Waals surface area contributed by atoms with Crippen LogP contribution in [-0.4, -0.2) is 89.7 Å². The number of ether oxygens (including phenoxy) is 5. The normalized spacial score (nSPS) is 28.5. The molecule has 0 saturated carbocycles. The first-order valence-corrected chi connectivity index (χ1v) is 13.0. The molecule has 1 fully saturated rings. The fraction of sp³-hybridized carbons (Fsp3) is 0.895. The van der Waals surface area contributed by atoms with Crippen LogP contribution in [0.3, 0.4) is 0 Å². The fourth-order valence-electron chi connectivity index (χ4n) is 2.72. The summed E-state index contributed by atoms with van der Waals surface area (Å²) in [6.45, 7) is 9.80. The van der Waals surface area contributed by atoms with Gasteiger partial charge in [0.25, 0.3) is 0 Å². The Morgan fingerprint density at radius 3 is 2.23 bits per heavy atom. The zero-order chi connectivity index (χ0) is 23.7. The monoisotopic (exact) mass is 463 g/mol. The van der Waals surface area contributed by atoms with Gasteiger partial charge in [-0.25, -0.2) is 0 Å². The van der Waals surface area contributed by atoms with E-state index in [-0.39, 0.29) is 18.6 Å². The third-order valence-corrected chi connectivity index (χ3v) is 9.86. The van der Waals surface area contributed by atoms with Crippen LogP contribution in [0.2, 0.25) is 18.1 Å². The molecule has 2 N–H and O–H groups in total. The maximum absolute atomic E-state index is 9.75. The molecule has 1 aliphatic rings. The standard InChI is InChI=1S/C19H37N3O8Si/c1-19(2,3)31(6,7)30-18-15(21-22-20)17(28-12-26-5)16(27-11-25-4)14(29-18)9-8-13(24)10-23/h8-9,13-18,23-24H,10-12H2,1-7H3/b9-8-/t13-,14+,15-,16+,17+,18+/m1/s1. The van der Waals surface area contributed by atoms with E-state index in [1.807, 2.05) is 0 Å². The third-order valence-electron chi connectivity index (χ3n) is 5.42. The Morgan fingerprint density at radius 1 is 1.16 bits per heavy atom. The number of nitrogens with zero attached hydrogens (tertiary/aromatic N) is 3. The predicted octanol–water partition coefficient (Wildman–Crippen LogP) is 2.30. The van der Waals surface area contributed by atoms with E-state index < -0.39 is 51.7 Å². The van der Waals surface area contributed by atoms with Crippen molar-refractivity contribution in [3.63, 3.8) is 0 Å². The number of aliphatic hydroxyl groups excluding tert-OH is 2. The molecule has 180 valence electrons. The second-order valence-corrected chi connectivity index (χ2v) is 13.5. The van der Waals surface area contributed by atoms with E-state index in [2.05, 4.69) is 43.9 Å². The highest BCUT2D eigenvalue weighted by molar-refractivity contribution is 6.74. The molecule has 1 saturated heterocycles. The molecule has 6 atom stereocenters. The second kappa shape index (κ2) is 12.8. The smallest absolute Gasteiger partial charge is 0.195 e. The van der Waals surface area contributed by atoms with E-state index in [9.17, 15) is 10.6 Å². The minimum absolute atomic E-state index is 0.0650. The van der Waals surface area contributed by atoms with Gasteiger partial charge in [-0.05, 0) is 23.7 Å². The Hall–Kier alpha value is -1.05. The molecule has 0 spiro atoms. The highest BCUT2D eigenvalue weighted by Gasteiger charge is 2.50. The van der Waals surface area contributed by atoms with Crippen molar-refractivity contribution in [2.24, 2.45) is 5.11 Å². The van der Waals surface area contributed by atoms with E-state index in [0.717, 1.165) is 0 Å². The molecule has 0 amide bonds. The molecular formula is C19H37N3O8Si. The van der Waals surface area contributed by atoms with Crippen molar-refractivity contribution in [3.8, 4) is 0 Å². The average Bonchev–Trinajstić information content (AvgIpc) is 2.70. The molecule has 1 heterocycles. The lowest BCUT2D eigenvalue weighted by Gasteiger charge is -2.47. The molecular weight excluding hydrogens is 426 g/mol. The zero-order valence-corrected chi connectivity index (χ0v) is 20.4. The maximum atomic E-state index is 9.75. The number of rotatable bonds is 12. The molecule has 0 aliphatic carbocycles. The summed E-state index contributed by atoms with van der Waals surface area (Å²) in [5.41, 5.74) is 9.21. The maximum Gasteiger partial charge on any atom is 0.195 e. The molecule has 31 heavy (non-hydrogen) atoms. The van der Waals surface area contributed by atoms with Gasteiger partial charge in [0.05, 0.1) is 12.7 Å². The number of azide groups is 1. The Labute approximate surface area is 185 Å². The van der Waals surface area contributed by atoms with E-state index in [1.165, 1.54) is 20.3 Å². The second-order valence-electron chi connectivity index (χ2n) is 8.75. The first kappa shape index (κ1) is 28.0. The molecule has 11 nitrogen and oxygen atoms in total. The summed E-state index contributed by atoms with van der Waals surface area (Å²) in [5, 5.41) is 22.7. The minimum Gasteiger partial charge on any atom is -0.393 e. The van der Waals surface area contributed by atoms with Crippen molar-refractivity contribution in [1.29, 1.82) is 0 Å². The van der Waals surface area contributed by atoms with Crippen molar-refractivity contribution in [3.05, 3.63) is 22.6 Å². The van der Waals surface area contributed by atoms with Gasteiger partial charge < -0.3 is 38.3 Å². The first-order chi connectivity index (χ1) is 14.5. The average molecular weight is 464 g/mol. The van der Waals surface area contributed by atoms with Crippen molar-refractivity contribution in [1.82, 2.24) is 0 Å². The van der Waals surface area contributed by atoms with Gasteiger partial charge >= 0.3 is 0 Å². The summed E-state index contributed by atoms with van der Waals surface area (Å²) in [6.07, 6.45) is -1.29. The molecule has 1 rings (SSSR count). The molecule has 0 aromatic heterocycles. The fourth-order valence-corrected chi connectivity index (χ4v) is 3.85. The van der Waals surface area contributed by atoms with Crippen molar-refractivity contribution in [2.75, 3.05) is 34.4 Å². The van der Waals surface area contributed by atoms with Crippen molar-refractivity contribution < 1.29 is 38.3 Å². The van der Waals surface area contributed by atoms with Crippen LogP contribution in [-0.2, 0) is 28.1 Å². The van der Waals surface area contributed by atoms with E-state index in [4.69, 9.17) is 33.2 Å². The predicted molar refractivity (Wildman–Crippen MR) is 116 cm³/mol. The summed E-state index contributed by atoms with van der Waals surface area (Å²) >= 11 is 0.